The summed E-state index contributed by atoms with van der Waals surface area (Å²) in [5.41, 5.74) is 4.55. The van der Waals surface area contributed by atoms with Crippen molar-refractivity contribution in [1.82, 2.24) is 20.2 Å². The van der Waals surface area contributed by atoms with Crippen molar-refractivity contribution in [2.24, 2.45) is 0 Å². The predicted octanol–water partition coefficient (Wildman–Crippen LogP) is 5.25. The van der Waals surface area contributed by atoms with Crippen LogP contribution in [-0.4, -0.2) is 39.8 Å². The molecule has 1 aliphatic rings. The van der Waals surface area contributed by atoms with E-state index in [-0.39, 0.29) is 17.9 Å². The highest BCUT2D eigenvalue weighted by molar-refractivity contribution is 6.31. The molecule has 0 radical (unpaired) electrons. The summed E-state index contributed by atoms with van der Waals surface area (Å²) in [4.78, 5) is 35.9. The Labute approximate surface area is 208 Å². The van der Waals surface area contributed by atoms with Gasteiger partial charge in [0.1, 0.15) is 5.82 Å². The second-order valence-corrected chi connectivity index (χ2v) is 9.15. The minimum Gasteiger partial charge on any atom is -0.342 e. The van der Waals surface area contributed by atoms with Crippen molar-refractivity contribution in [3.63, 3.8) is 0 Å². The van der Waals surface area contributed by atoms with E-state index >= 15 is 0 Å². The molecule has 0 bridgehead atoms. The first kappa shape index (κ1) is 22.9. The van der Waals surface area contributed by atoms with Crippen LogP contribution >= 0.6 is 11.6 Å². The predicted molar refractivity (Wildman–Crippen MR) is 138 cm³/mol. The van der Waals surface area contributed by atoms with Gasteiger partial charge in [0.15, 0.2) is 0 Å². The number of H-pyrrole nitrogens is 1. The molecule has 0 aliphatic carbocycles. The normalized spacial score (nSPS) is 13.8. The van der Waals surface area contributed by atoms with Crippen LogP contribution in [0.5, 0.6) is 0 Å². The van der Waals surface area contributed by atoms with Crippen LogP contribution in [0.2, 0.25) is 5.02 Å². The molecule has 1 unspecified atom stereocenters. The number of hydrogen-bond acceptors (Lipinski definition) is 3. The number of fused-ring (bicyclic) bond motifs is 1. The first-order valence-electron chi connectivity index (χ1n) is 11.5. The Morgan fingerprint density at radius 1 is 1.06 bits per heavy atom. The van der Waals surface area contributed by atoms with Gasteiger partial charge >= 0.3 is 0 Å². The molecule has 0 saturated carbocycles. The number of aryl methyl sites for hydroxylation is 1. The molecule has 6 nitrogen and oxygen atoms in total. The summed E-state index contributed by atoms with van der Waals surface area (Å²) in [5, 5.41) is 3.74. The number of nitrogens with zero attached hydrogens (tertiary/aromatic N) is 2. The van der Waals surface area contributed by atoms with E-state index in [1.807, 2.05) is 55.5 Å². The molecule has 176 valence electrons. The van der Waals surface area contributed by atoms with Gasteiger partial charge in [-0.25, -0.2) is 4.98 Å². The zero-order valence-electron chi connectivity index (χ0n) is 19.3. The molecule has 1 aromatic heterocycles. The summed E-state index contributed by atoms with van der Waals surface area (Å²) < 4.78 is 0. The maximum absolute atomic E-state index is 13.3. The van der Waals surface area contributed by atoms with Gasteiger partial charge in [0.2, 0.25) is 0 Å². The van der Waals surface area contributed by atoms with Crippen LogP contribution in [0.1, 0.15) is 43.7 Å². The van der Waals surface area contributed by atoms with E-state index in [9.17, 15) is 9.59 Å². The van der Waals surface area contributed by atoms with Gasteiger partial charge in [0.25, 0.3) is 11.8 Å². The fourth-order valence-corrected chi connectivity index (χ4v) is 4.50. The van der Waals surface area contributed by atoms with Gasteiger partial charge in [-0.05, 0) is 60.9 Å². The van der Waals surface area contributed by atoms with Crippen LogP contribution < -0.4 is 5.32 Å². The molecule has 0 saturated heterocycles. The van der Waals surface area contributed by atoms with Crippen molar-refractivity contribution in [3.8, 4) is 0 Å². The topological polar surface area (TPSA) is 78.1 Å². The number of carbonyl (C=O) groups is 2. The molecule has 2 N–H and O–H groups in total. The van der Waals surface area contributed by atoms with E-state index in [1.54, 1.807) is 35.2 Å². The van der Waals surface area contributed by atoms with E-state index < -0.39 is 0 Å². The fourth-order valence-electron chi connectivity index (χ4n) is 4.33. The number of halogens is 1. The Hall–Kier alpha value is -3.90. The Balaban J connectivity index is 1.40. The van der Waals surface area contributed by atoms with Crippen molar-refractivity contribution in [1.29, 1.82) is 0 Å². The lowest BCUT2D eigenvalue weighted by molar-refractivity contribution is 0.0798. The number of benzene rings is 3. The van der Waals surface area contributed by atoms with Crippen LogP contribution in [0.25, 0.3) is 11.0 Å². The zero-order chi connectivity index (χ0) is 24.4. The Morgan fingerprint density at radius 2 is 1.83 bits per heavy atom. The Bertz CT molecular complexity index is 1420. The summed E-state index contributed by atoms with van der Waals surface area (Å²) in [6.45, 7) is 3.09. The number of carbonyl (C=O) groups excluding carboxylic acids is 2. The van der Waals surface area contributed by atoms with Crippen molar-refractivity contribution in [2.45, 2.75) is 19.4 Å². The summed E-state index contributed by atoms with van der Waals surface area (Å²) in [6.07, 6.45) is 4.53. The van der Waals surface area contributed by atoms with Crippen molar-refractivity contribution in [3.05, 3.63) is 112 Å². The second-order valence-electron chi connectivity index (χ2n) is 8.71. The summed E-state index contributed by atoms with van der Waals surface area (Å²) in [5.74, 6) is 0.404. The Kier molecular flexibility index (Phi) is 6.38. The lowest BCUT2D eigenvalue weighted by Crippen LogP contribution is -2.31. The number of amides is 2. The van der Waals surface area contributed by atoms with Crippen LogP contribution in [0.3, 0.4) is 0 Å². The van der Waals surface area contributed by atoms with Crippen LogP contribution in [0, 0.1) is 6.92 Å². The van der Waals surface area contributed by atoms with Crippen molar-refractivity contribution < 1.29 is 9.59 Å². The third kappa shape index (κ3) is 4.98. The first-order chi connectivity index (χ1) is 17.0. The molecular formula is C28H25ClN4O2. The molecule has 35 heavy (non-hydrogen) atoms. The van der Waals surface area contributed by atoms with E-state index in [1.165, 1.54) is 0 Å². The van der Waals surface area contributed by atoms with E-state index in [0.717, 1.165) is 22.2 Å². The number of aromatic nitrogens is 2. The highest BCUT2D eigenvalue weighted by Crippen LogP contribution is 2.23. The minimum absolute atomic E-state index is 0.0256. The molecular weight excluding hydrogens is 460 g/mol. The molecule has 1 aliphatic heterocycles. The number of hydrogen-bond donors (Lipinski definition) is 2. The van der Waals surface area contributed by atoms with Crippen LogP contribution in [0.4, 0.5) is 0 Å². The smallest absolute Gasteiger partial charge is 0.254 e. The minimum atomic E-state index is -0.381. The maximum Gasteiger partial charge on any atom is 0.254 e. The first-order valence-corrected chi connectivity index (χ1v) is 11.9. The van der Waals surface area contributed by atoms with Gasteiger partial charge in [0, 0.05) is 29.2 Å². The van der Waals surface area contributed by atoms with Crippen LogP contribution in [0.15, 0.2) is 78.9 Å². The summed E-state index contributed by atoms with van der Waals surface area (Å²) in [6, 6.07) is 20.3. The molecule has 0 fully saturated rings. The number of nitrogens with one attached hydrogen (secondary N) is 2. The third-order valence-electron chi connectivity index (χ3n) is 6.21. The van der Waals surface area contributed by atoms with Gasteiger partial charge in [0.05, 0.1) is 17.1 Å². The maximum atomic E-state index is 13.3. The monoisotopic (exact) mass is 484 g/mol. The quantitative estimate of drug-likeness (QED) is 0.367. The summed E-state index contributed by atoms with van der Waals surface area (Å²) >= 11 is 6.14. The third-order valence-corrected chi connectivity index (χ3v) is 6.44. The van der Waals surface area contributed by atoms with Gasteiger partial charge in [-0.15, -0.1) is 0 Å². The fraction of sp³-hybridized carbons (Fsp3) is 0.179. The second kappa shape index (κ2) is 9.76. The SMILES string of the molecule is Cc1cc(C(=O)NC(Cc2ccccc2)c2nc3cc(Cl)ccc3[nH]2)ccc1C(=O)N1CC=CC1. The van der Waals surface area contributed by atoms with Crippen LogP contribution in [-0.2, 0) is 6.42 Å². The van der Waals surface area contributed by atoms with Gasteiger partial charge in [-0.3, -0.25) is 9.59 Å². The van der Waals surface area contributed by atoms with Gasteiger partial charge in [-0.2, -0.15) is 0 Å². The Morgan fingerprint density at radius 3 is 2.57 bits per heavy atom. The van der Waals surface area contributed by atoms with Crippen molar-refractivity contribution >= 4 is 34.4 Å². The highest BCUT2D eigenvalue weighted by atomic mass is 35.5. The summed E-state index contributed by atoms with van der Waals surface area (Å²) in [7, 11) is 0. The largest absolute Gasteiger partial charge is 0.342 e. The van der Waals surface area contributed by atoms with E-state index in [2.05, 4.69) is 10.3 Å². The molecule has 4 aromatic rings. The van der Waals surface area contributed by atoms with E-state index in [0.29, 0.717) is 41.5 Å². The highest BCUT2D eigenvalue weighted by Gasteiger charge is 2.22. The molecule has 3 aromatic carbocycles. The molecule has 2 heterocycles. The molecule has 2 amide bonds. The molecule has 1 atom stereocenters. The molecule has 0 spiro atoms. The lowest BCUT2D eigenvalue weighted by atomic mass is 10.0. The average Bonchev–Trinajstić information content (AvgIpc) is 3.54. The van der Waals surface area contributed by atoms with Gasteiger partial charge in [-0.1, -0.05) is 54.1 Å². The molecule has 5 rings (SSSR count). The average molecular weight is 485 g/mol. The van der Waals surface area contributed by atoms with E-state index in [4.69, 9.17) is 16.6 Å². The lowest BCUT2D eigenvalue weighted by Gasteiger charge is -2.19. The molecule has 7 heteroatoms. The number of imidazole rings is 1. The number of rotatable bonds is 6. The van der Waals surface area contributed by atoms with Crippen molar-refractivity contribution in [2.75, 3.05) is 13.1 Å². The zero-order valence-corrected chi connectivity index (χ0v) is 20.0. The number of aromatic amines is 1. The van der Waals surface area contributed by atoms with Gasteiger partial charge < -0.3 is 15.2 Å². The standard InChI is InChI=1S/C28H25ClN4O2/c1-18-15-20(9-11-22(18)28(35)33-13-5-6-14-33)27(34)32-25(16-19-7-3-2-4-8-19)26-30-23-12-10-21(29)17-24(23)31-26/h2-12,15,17,25H,13-14,16H2,1H3,(H,30,31)(H,32,34).